The second kappa shape index (κ2) is 5.39. The minimum absolute atomic E-state index is 0.274. The van der Waals surface area contributed by atoms with E-state index < -0.39 is 0 Å². The predicted octanol–water partition coefficient (Wildman–Crippen LogP) is 4.09. The highest BCUT2D eigenvalue weighted by Crippen LogP contribution is 2.31. The molecule has 0 spiro atoms. The largest absolute Gasteiger partial charge is 0.393 e. The number of halogens is 2. The first kappa shape index (κ1) is 12.2. The summed E-state index contributed by atoms with van der Waals surface area (Å²) in [6.45, 7) is 0. The number of aliphatic hydroxyl groups excluding tert-OH is 1. The molecule has 1 aliphatic carbocycles. The maximum absolute atomic E-state index is 9.94. The van der Waals surface area contributed by atoms with Gasteiger partial charge in [0.15, 0.2) is 0 Å². The molecule has 1 fully saturated rings. The molecule has 2 rings (SSSR count). The van der Waals surface area contributed by atoms with Gasteiger partial charge in [-0.05, 0) is 36.5 Å². The highest BCUT2D eigenvalue weighted by atomic mass is 35.5. The molecule has 0 amide bonds. The second-order valence-corrected chi connectivity index (χ2v) is 5.47. The van der Waals surface area contributed by atoms with Gasteiger partial charge >= 0.3 is 0 Å². The molecule has 16 heavy (non-hydrogen) atoms. The predicted molar refractivity (Wildman–Crippen MR) is 68.1 cm³/mol. The van der Waals surface area contributed by atoms with Gasteiger partial charge in [-0.15, -0.1) is 0 Å². The maximum Gasteiger partial charge on any atom is 0.0583 e. The smallest absolute Gasteiger partial charge is 0.0583 e. The van der Waals surface area contributed by atoms with Gasteiger partial charge in [0.2, 0.25) is 0 Å². The number of hydrogen-bond acceptors (Lipinski definition) is 1. The van der Waals surface area contributed by atoms with Gasteiger partial charge in [0, 0.05) is 10.0 Å². The molecule has 1 saturated carbocycles. The Labute approximate surface area is 106 Å². The Kier molecular flexibility index (Phi) is 4.12. The van der Waals surface area contributed by atoms with Crippen LogP contribution in [-0.4, -0.2) is 11.2 Å². The summed E-state index contributed by atoms with van der Waals surface area (Å²) in [7, 11) is 0. The van der Waals surface area contributed by atoms with E-state index in [0.717, 1.165) is 17.9 Å². The van der Waals surface area contributed by atoms with Gasteiger partial charge < -0.3 is 5.11 Å². The first-order chi connectivity index (χ1) is 7.65. The maximum atomic E-state index is 9.94. The molecule has 0 heterocycles. The second-order valence-electron chi connectivity index (χ2n) is 4.63. The molecule has 1 aromatic rings. The topological polar surface area (TPSA) is 20.2 Å². The Hall–Kier alpha value is -0.240. The summed E-state index contributed by atoms with van der Waals surface area (Å²) in [6, 6.07) is 5.45. The number of benzene rings is 1. The van der Waals surface area contributed by atoms with Gasteiger partial charge in [0.05, 0.1) is 6.10 Å². The van der Waals surface area contributed by atoms with E-state index in [9.17, 15) is 5.11 Å². The van der Waals surface area contributed by atoms with Gasteiger partial charge in [-0.1, -0.05) is 48.5 Å². The number of rotatable bonds is 4. The summed E-state index contributed by atoms with van der Waals surface area (Å²) in [6.07, 6.45) is 5.12. The molecule has 1 unspecified atom stereocenters. The Bertz CT molecular complexity index is 361. The standard InChI is InChI=1S/C13H16Cl2O/c14-11-5-4-10(13(15)8-11)7-12(16)6-9-2-1-3-9/h4-5,8-9,12,16H,1-3,6-7H2. The molecule has 3 heteroatoms. The first-order valence-electron chi connectivity index (χ1n) is 5.77. The Morgan fingerprint density at radius 3 is 2.62 bits per heavy atom. The normalized spacial score (nSPS) is 18.2. The molecule has 88 valence electrons. The van der Waals surface area contributed by atoms with E-state index in [-0.39, 0.29) is 6.10 Å². The van der Waals surface area contributed by atoms with Crippen molar-refractivity contribution in [3.63, 3.8) is 0 Å². The molecule has 0 aliphatic heterocycles. The summed E-state index contributed by atoms with van der Waals surface area (Å²) >= 11 is 11.9. The summed E-state index contributed by atoms with van der Waals surface area (Å²) in [5.74, 6) is 0.723. The third-order valence-corrected chi connectivity index (χ3v) is 3.89. The van der Waals surface area contributed by atoms with Gasteiger partial charge in [-0.2, -0.15) is 0 Å². The van der Waals surface area contributed by atoms with Crippen LogP contribution in [0.1, 0.15) is 31.2 Å². The summed E-state index contributed by atoms with van der Waals surface area (Å²) in [5.41, 5.74) is 0.984. The Morgan fingerprint density at radius 2 is 2.06 bits per heavy atom. The third kappa shape index (κ3) is 3.13. The Balaban J connectivity index is 1.91. The lowest BCUT2D eigenvalue weighted by atomic mass is 9.80. The fourth-order valence-electron chi connectivity index (χ4n) is 2.14. The van der Waals surface area contributed by atoms with E-state index in [1.807, 2.05) is 12.1 Å². The van der Waals surface area contributed by atoms with Crippen molar-refractivity contribution in [3.05, 3.63) is 33.8 Å². The van der Waals surface area contributed by atoms with Crippen LogP contribution in [0.4, 0.5) is 0 Å². The van der Waals surface area contributed by atoms with Gasteiger partial charge in [0.25, 0.3) is 0 Å². The fraction of sp³-hybridized carbons (Fsp3) is 0.538. The van der Waals surface area contributed by atoms with Crippen molar-refractivity contribution >= 4 is 23.2 Å². The van der Waals surface area contributed by atoms with Gasteiger partial charge in [-0.25, -0.2) is 0 Å². The van der Waals surface area contributed by atoms with Crippen molar-refractivity contribution in [2.45, 2.75) is 38.2 Å². The highest BCUT2D eigenvalue weighted by Gasteiger charge is 2.21. The molecular weight excluding hydrogens is 243 g/mol. The summed E-state index contributed by atoms with van der Waals surface area (Å²) < 4.78 is 0. The summed E-state index contributed by atoms with van der Waals surface area (Å²) in [4.78, 5) is 0. The zero-order chi connectivity index (χ0) is 11.5. The molecule has 0 bridgehead atoms. The van der Waals surface area contributed by atoms with Crippen LogP contribution in [-0.2, 0) is 6.42 Å². The minimum atomic E-state index is -0.274. The molecule has 1 aromatic carbocycles. The van der Waals surface area contributed by atoms with Gasteiger partial charge in [-0.3, -0.25) is 0 Å². The lowest BCUT2D eigenvalue weighted by molar-refractivity contribution is 0.118. The Morgan fingerprint density at radius 1 is 1.31 bits per heavy atom. The van der Waals surface area contributed by atoms with E-state index >= 15 is 0 Å². The minimum Gasteiger partial charge on any atom is -0.393 e. The fourth-order valence-corrected chi connectivity index (χ4v) is 2.62. The molecule has 1 aliphatic rings. The lowest BCUT2D eigenvalue weighted by Crippen LogP contribution is -2.21. The van der Waals surface area contributed by atoms with Crippen molar-refractivity contribution in [1.82, 2.24) is 0 Å². The molecule has 1 nitrogen and oxygen atoms in total. The van der Waals surface area contributed by atoms with Crippen molar-refractivity contribution in [1.29, 1.82) is 0 Å². The highest BCUT2D eigenvalue weighted by molar-refractivity contribution is 6.35. The zero-order valence-corrected chi connectivity index (χ0v) is 10.6. The number of hydrogen-bond donors (Lipinski definition) is 1. The molecule has 0 saturated heterocycles. The van der Waals surface area contributed by atoms with E-state index in [1.165, 1.54) is 19.3 Å². The third-order valence-electron chi connectivity index (χ3n) is 3.30. The van der Waals surface area contributed by atoms with Crippen LogP contribution in [0.15, 0.2) is 18.2 Å². The molecule has 1 atom stereocenters. The molecule has 1 N–H and O–H groups in total. The lowest BCUT2D eigenvalue weighted by Gasteiger charge is -2.27. The zero-order valence-electron chi connectivity index (χ0n) is 9.13. The van der Waals surface area contributed by atoms with E-state index in [2.05, 4.69) is 0 Å². The number of aliphatic hydroxyl groups is 1. The molecule has 0 aromatic heterocycles. The average Bonchev–Trinajstić information content (AvgIpc) is 2.16. The first-order valence-corrected chi connectivity index (χ1v) is 6.52. The van der Waals surface area contributed by atoms with Gasteiger partial charge in [0.1, 0.15) is 0 Å². The van der Waals surface area contributed by atoms with Crippen molar-refractivity contribution < 1.29 is 5.11 Å². The van der Waals surface area contributed by atoms with Crippen LogP contribution >= 0.6 is 23.2 Å². The van der Waals surface area contributed by atoms with Crippen molar-refractivity contribution in [2.75, 3.05) is 0 Å². The van der Waals surface area contributed by atoms with Crippen LogP contribution < -0.4 is 0 Å². The van der Waals surface area contributed by atoms with Crippen LogP contribution in [0.25, 0.3) is 0 Å². The van der Waals surface area contributed by atoms with Crippen molar-refractivity contribution in [2.24, 2.45) is 5.92 Å². The average molecular weight is 259 g/mol. The van der Waals surface area contributed by atoms with Crippen LogP contribution in [0.3, 0.4) is 0 Å². The molecule has 0 radical (unpaired) electrons. The summed E-state index contributed by atoms with van der Waals surface area (Å²) in [5, 5.41) is 11.2. The van der Waals surface area contributed by atoms with Crippen LogP contribution in [0.2, 0.25) is 10.0 Å². The quantitative estimate of drug-likeness (QED) is 0.863. The van der Waals surface area contributed by atoms with E-state index in [1.54, 1.807) is 6.07 Å². The SMILES string of the molecule is OC(Cc1ccc(Cl)cc1Cl)CC1CCC1. The van der Waals surface area contributed by atoms with Crippen LogP contribution in [0.5, 0.6) is 0 Å². The van der Waals surface area contributed by atoms with E-state index in [4.69, 9.17) is 23.2 Å². The monoisotopic (exact) mass is 258 g/mol. The van der Waals surface area contributed by atoms with Crippen molar-refractivity contribution in [3.8, 4) is 0 Å². The molecular formula is C13H16Cl2O. The van der Waals surface area contributed by atoms with E-state index in [0.29, 0.717) is 16.5 Å². The van der Waals surface area contributed by atoms with Crippen LogP contribution in [0, 0.1) is 5.92 Å².